The maximum Gasteiger partial charge on any atom is 0.244 e. The first-order valence-electron chi connectivity index (χ1n) is 10.6. The highest BCUT2D eigenvalue weighted by Crippen LogP contribution is 2.28. The van der Waals surface area contributed by atoms with E-state index in [1.807, 2.05) is 31.2 Å². The zero-order valence-electron chi connectivity index (χ0n) is 18.9. The quantitative estimate of drug-likeness (QED) is 0.410. The second-order valence-electron chi connectivity index (χ2n) is 7.61. The van der Waals surface area contributed by atoms with Crippen LogP contribution in [0.1, 0.15) is 12.0 Å². The van der Waals surface area contributed by atoms with E-state index in [0.29, 0.717) is 41.1 Å². The van der Waals surface area contributed by atoms with E-state index >= 15 is 0 Å². The van der Waals surface area contributed by atoms with Crippen molar-refractivity contribution in [3.05, 3.63) is 64.7 Å². The Morgan fingerprint density at radius 1 is 1.12 bits per heavy atom. The van der Waals surface area contributed by atoms with Crippen LogP contribution in [0.5, 0.6) is 5.75 Å². The molecule has 0 aliphatic heterocycles. The number of nitrogens with zero attached hydrogens (tertiary/aromatic N) is 4. The van der Waals surface area contributed by atoms with Crippen LogP contribution in [-0.4, -0.2) is 58.2 Å². The average molecular weight is 505 g/mol. The van der Waals surface area contributed by atoms with E-state index in [1.165, 1.54) is 23.3 Å². The van der Waals surface area contributed by atoms with Crippen molar-refractivity contribution in [2.45, 2.75) is 19.9 Å². The summed E-state index contributed by atoms with van der Waals surface area (Å²) < 4.78 is 7.14. The Balaban J connectivity index is 1.38. The van der Waals surface area contributed by atoms with Crippen molar-refractivity contribution in [1.82, 2.24) is 19.7 Å². The molecule has 0 saturated carbocycles. The molecule has 180 valence electrons. The summed E-state index contributed by atoms with van der Waals surface area (Å²) in [6.45, 7) is 3.22. The van der Waals surface area contributed by atoms with Crippen molar-refractivity contribution < 1.29 is 14.3 Å². The van der Waals surface area contributed by atoms with Gasteiger partial charge in [0.25, 0.3) is 0 Å². The summed E-state index contributed by atoms with van der Waals surface area (Å²) >= 11 is 12.1. The van der Waals surface area contributed by atoms with E-state index in [1.54, 1.807) is 18.1 Å². The fourth-order valence-electron chi connectivity index (χ4n) is 2.94. The van der Waals surface area contributed by atoms with Crippen LogP contribution in [0.2, 0.25) is 10.0 Å². The van der Waals surface area contributed by atoms with Crippen LogP contribution in [0.25, 0.3) is 0 Å². The number of likely N-dealkylation sites (N-methyl/N-ethyl adjacent to an activating group) is 1. The van der Waals surface area contributed by atoms with Crippen molar-refractivity contribution in [2.75, 3.05) is 37.4 Å². The lowest BCUT2D eigenvalue weighted by Crippen LogP contribution is -2.33. The van der Waals surface area contributed by atoms with Crippen LogP contribution in [0.4, 0.5) is 11.4 Å². The summed E-state index contributed by atoms with van der Waals surface area (Å²) in [4.78, 5) is 30.1. The van der Waals surface area contributed by atoms with Crippen molar-refractivity contribution in [3.63, 3.8) is 0 Å². The Labute approximate surface area is 208 Å². The molecule has 0 unspecified atom stereocenters. The summed E-state index contributed by atoms with van der Waals surface area (Å²) in [5.74, 6) is 0.426. The molecule has 9 nitrogen and oxygen atoms in total. The van der Waals surface area contributed by atoms with E-state index in [-0.39, 0.29) is 24.8 Å². The minimum atomic E-state index is -0.218. The van der Waals surface area contributed by atoms with Crippen molar-refractivity contribution >= 4 is 46.4 Å². The fourth-order valence-corrected chi connectivity index (χ4v) is 3.44. The molecule has 0 atom stereocenters. The number of benzene rings is 1. The maximum atomic E-state index is 12.4. The Hall–Kier alpha value is -3.30. The number of halogens is 2. The lowest BCUT2D eigenvalue weighted by molar-refractivity contribution is -0.131. The lowest BCUT2D eigenvalue weighted by Gasteiger charge is -2.17. The Bertz CT molecular complexity index is 1100. The number of nitrogens with one attached hydrogen (secondary N) is 2. The van der Waals surface area contributed by atoms with Crippen LogP contribution in [0, 0.1) is 6.92 Å². The molecule has 2 aromatic heterocycles. The molecule has 0 aliphatic carbocycles. The molecule has 0 spiro atoms. The van der Waals surface area contributed by atoms with E-state index in [0.717, 1.165) is 11.3 Å². The topological polar surface area (TPSA) is 101 Å². The third kappa shape index (κ3) is 7.64. The Kier molecular flexibility index (Phi) is 9.12. The predicted octanol–water partition coefficient (Wildman–Crippen LogP) is 3.87. The van der Waals surface area contributed by atoms with Crippen LogP contribution < -0.4 is 15.4 Å². The van der Waals surface area contributed by atoms with Gasteiger partial charge in [0.15, 0.2) is 0 Å². The number of hydrogen-bond donors (Lipinski definition) is 2. The molecular formula is C23H26Cl2N6O3. The van der Waals surface area contributed by atoms with Gasteiger partial charge in [-0.1, -0.05) is 40.9 Å². The number of hydrogen-bond acceptors (Lipinski definition) is 6. The van der Waals surface area contributed by atoms with Crippen molar-refractivity contribution in [3.8, 4) is 5.75 Å². The Morgan fingerprint density at radius 2 is 1.82 bits per heavy atom. The van der Waals surface area contributed by atoms with E-state index in [4.69, 9.17) is 27.9 Å². The molecule has 0 fully saturated rings. The number of aryl methyl sites for hydroxylation is 1. The number of carbonyl (C=O) groups excluding carboxylic acids is 2. The SMILES string of the molecule is Cc1ccc(OCCN(C)C(=O)Cn2cc(NC(=O)CCNc3c(Cl)cncc3Cl)cn2)cc1. The van der Waals surface area contributed by atoms with Crippen molar-refractivity contribution in [1.29, 1.82) is 0 Å². The molecule has 2 heterocycles. The normalized spacial score (nSPS) is 10.6. The number of anilines is 2. The summed E-state index contributed by atoms with van der Waals surface area (Å²) in [6.07, 6.45) is 6.23. The minimum absolute atomic E-state index is 0.0531. The first-order valence-corrected chi connectivity index (χ1v) is 11.4. The molecule has 3 aromatic rings. The zero-order chi connectivity index (χ0) is 24.5. The van der Waals surface area contributed by atoms with Gasteiger partial charge in [-0.15, -0.1) is 0 Å². The number of amides is 2. The summed E-state index contributed by atoms with van der Waals surface area (Å²) in [5, 5.41) is 10.7. The van der Waals surface area contributed by atoms with Crippen LogP contribution in [-0.2, 0) is 16.1 Å². The molecule has 11 heteroatoms. The smallest absolute Gasteiger partial charge is 0.244 e. The minimum Gasteiger partial charge on any atom is -0.492 e. The van der Waals surface area contributed by atoms with Gasteiger partial charge in [-0.05, 0) is 19.1 Å². The third-order valence-electron chi connectivity index (χ3n) is 4.86. The highest BCUT2D eigenvalue weighted by atomic mass is 35.5. The number of ether oxygens (including phenoxy) is 1. The van der Waals surface area contributed by atoms with Gasteiger partial charge in [-0.2, -0.15) is 5.10 Å². The molecule has 1 aromatic carbocycles. The van der Waals surface area contributed by atoms with Gasteiger partial charge in [0, 0.05) is 38.6 Å². The van der Waals surface area contributed by atoms with Gasteiger partial charge < -0.3 is 20.3 Å². The standard InChI is InChI=1S/C23H26Cl2N6O3/c1-16-3-5-18(6-4-16)34-10-9-30(2)22(33)15-31-14-17(11-28-31)29-21(32)7-8-27-23-19(24)12-26-13-20(23)25/h3-6,11-14H,7-10,15H2,1-2H3,(H,26,27)(H,29,32). The number of carbonyl (C=O) groups is 2. The molecule has 0 radical (unpaired) electrons. The number of pyridine rings is 1. The summed E-state index contributed by atoms with van der Waals surface area (Å²) in [7, 11) is 1.71. The predicted molar refractivity (Wildman–Crippen MR) is 133 cm³/mol. The molecule has 0 bridgehead atoms. The molecule has 0 saturated heterocycles. The van der Waals surface area contributed by atoms with Gasteiger partial charge in [-0.25, -0.2) is 0 Å². The fraction of sp³-hybridized carbons (Fsp3) is 0.304. The van der Waals surface area contributed by atoms with Crippen LogP contribution in [0.3, 0.4) is 0 Å². The van der Waals surface area contributed by atoms with Gasteiger partial charge in [0.05, 0.1) is 34.2 Å². The van der Waals surface area contributed by atoms with Gasteiger partial charge in [0.1, 0.15) is 18.9 Å². The molecular weight excluding hydrogens is 479 g/mol. The van der Waals surface area contributed by atoms with E-state index in [9.17, 15) is 9.59 Å². The third-order valence-corrected chi connectivity index (χ3v) is 5.44. The highest BCUT2D eigenvalue weighted by molar-refractivity contribution is 6.38. The second-order valence-corrected chi connectivity index (χ2v) is 8.42. The molecule has 2 N–H and O–H groups in total. The first-order chi connectivity index (χ1) is 16.3. The first kappa shape index (κ1) is 25.3. The largest absolute Gasteiger partial charge is 0.492 e. The van der Waals surface area contributed by atoms with Gasteiger partial charge >= 0.3 is 0 Å². The maximum absolute atomic E-state index is 12.4. The molecule has 2 amide bonds. The molecule has 0 aliphatic rings. The van der Waals surface area contributed by atoms with E-state index in [2.05, 4.69) is 20.7 Å². The second kappa shape index (κ2) is 12.2. The Morgan fingerprint density at radius 3 is 2.53 bits per heavy atom. The monoisotopic (exact) mass is 504 g/mol. The van der Waals surface area contributed by atoms with Crippen LogP contribution >= 0.6 is 23.2 Å². The van der Waals surface area contributed by atoms with Crippen molar-refractivity contribution in [2.24, 2.45) is 0 Å². The summed E-state index contributed by atoms with van der Waals surface area (Å²) in [5.41, 5.74) is 2.19. The summed E-state index contributed by atoms with van der Waals surface area (Å²) in [6, 6.07) is 7.74. The lowest BCUT2D eigenvalue weighted by atomic mass is 10.2. The van der Waals surface area contributed by atoms with Crippen LogP contribution in [0.15, 0.2) is 49.1 Å². The molecule has 3 rings (SSSR count). The molecule has 34 heavy (non-hydrogen) atoms. The van der Waals surface area contributed by atoms with E-state index < -0.39 is 0 Å². The van der Waals surface area contributed by atoms with Gasteiger partial charge in [0.2, 0.25) is 11.8 Å². The number of aromatic nitrogens is 3. The number of rotatable bonds is 11. The average Bonchev–Trinajstić information content (AvgIpc) is 3.23. The van der Waals surface area contributed by atoms with Gasteiger partial charge in [-0.3, -0.25) is 19.3 Å². The highest BCUT2D eigenvalue weighted by Gasteiger charge is 2.12. The zero-order valence-corrected chi connectivity index (χ0v) is 20.4.